The summed E-state index contributed by atoms with van der Waals surface area (Å²) < 4.78 is 26.0. The van der Waals surface area contributed by atoms with Crippen LogP contribution >= 0.6 is 11.6 Å². The van der Waals surface area contributed by atoms with Gasteiger partial charge < -0.3 is 26.3 Å². The van der Waals surface area contributed by atoms with Crippen molar-refractivity contribution in [2.24, 2.45) is 5.41 Å². The van der Waals surface area contributed by atoms with Gasteiger partial charge in [0.15, 0.2) is 0 Å². The van der Waals surface area contributed by atoms with Gasteiger partial charge in [-0.05, 0) is 102 Å². The van der Waals surface area contributed by atoms with Gasteiger partial charge in [0.25, 0.3) is 5.91 Å². The van der Waals surface area contributed by atoms with Gasteiger partial charge in [0.1, 0.15) is 22.9 Å². The molecule has 7 aromatic rings. The smallest absolute Gasteiger partial charge is 0.257 e. The summed E-state index contributed by atoms with van der Waals surface area (Å²) in [5, 5.41) is 7.74. The number of anilines is 2. The number of halogens is 3. The molecule has 4 heterocycles. The van der Waals surface area contributed by atoms with Crippen molar-refractivity contribution in [3.05, 3.63) is 131 Å². The number of pyridine rings is 2. The van der Waals surface area contributed by atoms with E-state index in [1.54, 1.807) is 60.9 Å². The van der Waals surface area contributed by atoms with Gasteiger partial charge in [-0.2, -0.15) is 0 Å². The van der Waals surface area contributed by atoms with E-state index in [2.05, 4.69) is 30.6 Å². The second-order valence-electron chi connectivity index (χ2n) is 12.9. The fourth-order valence-electron chi connectivity index (χ4n) is 5.19. The molecule has 0 fully saturated rings. The number of benzene rings is 3. The van der Waals surface area contributed by atoms with Crippen LogP contribution in [0, 0.1) is 17.0 Å². The third-order valence-corrected chi connectivity index (χ3v) is 8.27. The SMILES string of the molecule is CC(C)(C)C(=O)NCc1ccc(Cl)c(C(=O)Nc2cnc3[nH]c(-c4ccc(F)cc4)cc3c2)c1.Nc1cnc2[nH]c(-c3ccc(F)cc3)cc2c1. The lowest BCUT2D eigenvalue weighted by atomic mass is 9.95. The van der Waals surface area contributed by atoms with Gasteiger partial charge in [-0.3, -0.25) is 9.59 Å². The van der Waals surface area contributed by atoms with Gasteiger partial charge in [-0.25, -0.2) is 18.7 Å². The minimum absolute atomic E-state index is 0.0839. The summed E-state index contributed by atoms with van der Waals surface area (Å²) in [6.45, 7) is 5.79. The second-order valence-corrected chi connectivity index (χ2v) is 13.4. The average Bonchev–Trinajstić information content (AvgIpc) is 3.72. The first kappa shape index (κ1) is 34.8. The first-order valence-electron chi connectivity index (χ1n) is 16.0. The number of H-pyrrole nitrogens is 2. The molecule has 0 spiro atoms. The molecule has 9 nitrogen and oxygen atoms in total. The molecule has 4 aromatic heterocycles. The molecule has 0 unspecified atom stereocenters. The molecule has 2 amide bonds. The van der Waals surface area contributed by atoms with E-state index < -0.39 is 5.41 Å². The Labute approximate surface area is 297 Å². The quantitative estimate of drug-likeness (QED) is 0.118. The van der Waals surface area contributed by atoms with Gasteiger partial charge in [-0.1, -0.05) is 38.4 Å². The average molecular weight is 706 g/mol. The molecule has 7 rings (SSSR count). The molecule has 0 aliphatic carbocycles. The third-order valence-electron chi connectivity index (χ3n) is 7.94. The molecule has 0 radical (unpaired) electrons. The highest BCUT2D eigenvalue weighted by molar-refractivity contribution is 6.34. The predicted octanol–water partition coefficient (Wildman–Crippen LogP) is 8.89. The standard InChI is InChI=1S/C26H24ClFN4O2.C13H10FN3/c1-26(2,3)25(34)30-13-15-4-9-21(27)20(10-15)24(33)31-19-11-17-12-22(32-23(17)29-14-19)16-5-7-18(28)8-6-16;14-10-3-1-8(2-4-10)12-6-9-5-11(15)7-16-13(9)17-12/h4-12,14H,13H2,1-3H3,(H,29,32)(H,30,34)(H,31,33);1-7H,15H2,(H,16,17). The van der Waals surface area contributed by atoms with Crippen molar-refractivity contribution in [3.8, 4) is 22.5 Å². The molecule has 3 aromatic carbocycles. The number of carbonyl (C=O) groups excluding carboxylic acids is 2. The van der Waals surface area contributed by atoms with Crippen LogP contribution in [0.5, 0.6) is 0 Å². The monoisotopic (exact) mass is 705 g/mol. The fourth-order valence-corrected chi connectivity index (χ4v) is 5.39. The van der Waals surface area contributed by atoms with E-state index >= 15 is 0 Å². The molecular weight excluding hydrogens is 672 g/mol. The van der Waals surface area contributed by atoms with E-state index in [4.69, 9.17) is 17.3 Å². The largest absolute Gasteiger partial charge is 0.397 e. The van der Waals surface area contributed by atoms with Crippen molar-refractivity contribution >= 4 is 56.9 Å². The van der Waals surface area contributed by atoms with Gasteiger partial charge >= 0.3 is 0 Å². The summed E-state index contributed by atoms with van der Waals surface area (Å²) in [7, 11) is 0. The zero-order valence-electron chi connectivity index (χ0n) is 27.9. The van der Waals surface area contributed by atoms with Crippen molar-refractivity contribution in [3.63, 3.8) is 0 Å². The summed E-state index contributed by atoms with van der Waals surface area (Å²) in [6, 6.07) is 25.0. The van der Waals surface area contributed by atoms with Crippen molar-refractivity contribution < 1.29 is 18.4 Å². The molecule has 0 saturated heterocycles. The minimum atomic E-state index is -0.507. The number of nitrogen functional groups attached to an aromatic ring is 1. The Morgan fingerprint density at radius 1 is 0.765 bits per heavy atom. The van der Waals surface area contributed by atoms with Crippen LogP contribution in [-0.4, -0.2) is 31.8 Å². The number of aromatic nitrogens is 4. The molecule has 0 aliphatic heterocycles. The summed E-state index contributed by atoms with van der Waals surface area (Å²) >= 11 is 6.27. The molecule has 12 heteroatoms. The van der Waals surface area contributed by atoms with Crippen LogP contribution in [0.1, 0.15) is 36.7 Å². The van der Waals surface area contributed by atoms with Crippen LogP contribution in [-0.2, 0) is 11.3 Å². The van der Waals surface area contributed by atoms with Crippen molar-refractivity contribution in [2.45, 2.75) is 27.3 Å². The van der Waals surface area contributed by atoms with E-state index in [-0.39, 0.29) is 30.0 Å². The van der Waals surface area contributed by atoms with Crippen molar-refractivity contribution in [1.82, 2.24) is 25.3 Å². The Balaban J connectivity index is 0.000000219. The Bertz CT molecular complexity index is 2360. The second kappa shape index (κ2) is 14.4. The van der Waals surface area contributed by atoms with Gasteiger partial charge in [0.05, 0.1) is 34.4 Å². The highest BCUT2D eigenvalue weighted by Crippen LogP contribution is 2.27. The van der Waals surface area contributed by atoms with Crippen molar-refractivity contribution in [2.75, 3.05) is 11.1 Å². The molecule has 0 bridgehead atoms. The summed E-state index contributed by atoms with van der Waals surface area (Å²) in [5.41, 5.74) is 12.2. The number of nitrogens with one attached hydrogen (secondary N) is 4. The number of nitrogens with zero attached hydrogens (tertiary/aromatic N) is 2. The van der Waals surface area contributed by atoms with Crippen LogP contribution in [0.15, 0.2) is 103 Å². The number of carbonyl (C=O) groups is 2. The fraction of sp³-hybridized carbons (Fsp3) is 0.128. The Hall–Kier alpha value is -6.07. The van der Waals surface area contributed by atoms with E-state index in [9.17, 15) is 18.4 Å². The molecule has 0 atom stereocenters. The maximum atomic E-state index is 13.2. The van der Waals surface area contributed by atoms with Gasteiger partial charge in [-0.15, -0.1) is 0 Å². The predicted molar refractivity (Wildman–Crippen MR) is 198 cm³/mol. The van der Waals surface area contributed by atoms with Crippen LogP contribution < -0.4 is 16.4 Å². The van der Waals surface area contributed by atoms with Crippen LogP contribution in [0.2, 0.25) is 5.02 Å². The van der Waals surface area contributed by atoms with Gasteiger partial charge in [0, 0.05) is 34.1 Å². The highest BCUT2D eigenvalue weighted by atomic mass is 35.5. The molecule has 51 heavy (non-hydrogen) atoms. The summed E-state index contributed by atoms with van der Waals surface area (Å²) in [6.07, 6.45) is 3.15. The normalized spacial score (nSPS) is 11.3. The minimum Gasteiger partial charge on any atom is -0.397 e. The lowest BCUT2D eigenvalue weighted by Crippen LogP contribution is -2.34. The van der Waals surface area contributed by atoms with E-state index in [1.165, 1.54) is 24.3 Å². The van der Waals surface area contributed by atoms with Crippen molar-refractivity contribution in [1.29, 1.82) is 0 Å². The lowest BCUT2D eigenvalue weighted by molar-refractivity contribution is -0.128. The molecular formula is C39H34ClF2N7O2. The maximum Gasteiger partial charge on any atom is 0.257 e. The van der Waals surface area contributed by atoms with E-state index in [0.29, 0.717) is 27.6 Å². The topological polar surface area (TPSA) is 142 Å². The summed E-state index contributed by atoms with van der Waals surface area (Å²) in [4.78, 5) is 40.0. The molecule has 0 aliphatic rings. The first-order valence-corrected chi connectivity index (χ1v) is 16.3. The van der Waals surface area contributed by atoms with Crippen LogP contribution in [0.3, 0.4) is 0 Å². The molecule has 6 N–H and O–H groups in total. The molecule has 0 saturated carbocycles. The van der Waals surface area contributed by atoms with E-state index in [1.807, 2.05) is 39.0 Å². The number of hydrogen-bond acceptors (Lipinski definition) is 5. The first-order chi connectivity index (χ1) is 24.3. The Morgan fingerprint density at radius 2 is 1.31 bits per heavy atom. The van der Waals surface area contributed by atoms with Crippen LogP contribution in [0.25, 0.3) is 44.6 Å². The number of aromatic amines is 2. The number of fused-ring (bicyclic) bond motifs is 2. The zero-order chi connectivity index (χ0) is 36.3. The Morgan fingerprint density at radius 3 is 1.88 bits per heavy atom. The number of rotatable bonds is 6. The van der Waals surface area contributed by atoms with Gasteiger partial charge in [0.2, 0.25) is 5.91 Å². The third kappa shape index (κ3) is 8.39. The summed E-state index contributed by atoms with van der Waals surface area (Å²) in [5.74, 6) is -1.02. The number of nitrogens with two attached hydrogens (primary N) is 1. The number of hydrogen-bond donors (Lipinski definition) is 5. The number of amides is 2. The van der Waals surface area contributed by atoms with E-state index in [0.717, 1.165) is 44.5 Å². The zero-order valence-corrected chi connectivity index (χ0v) is 28.7. The molecule has 258 valence electrons. The maximum absolute atomic E-state index is 13.2. The van der Waals surface area contributed by atoms with Crippen LogP contribution in [0.4, 0.5) is 20.2 Å². The highest BCUT2D eigenvalue weighted by Gasteiger charge is 2.21. The lowest BCUT2D eigenvalue weighted by Gasteiger charge is -2.18. The Kier molecular flexibility index (Phi) is 9.83.